The SMILES string of the molecule is CCOC(=O)C1=Cc2cc(Cl)c(Cn3ccnc3CC)cc2OC1C(F)(F)F. The molecule has 1 aliphatic rings. The third-order valence-corrected chi connectivity index (χ3v) is 4.64. The molecule has 0 spiro atoms. The molecule has 0 amide bonds. The van der Waals surface area contributed by atoms with E-state index in [2.05, 4.69) is 4.98 Å². The van der Waals surface area contributed by atoms with E-state index in [0.717, 1.165) is 11.9 Å². The van der Waals surface area contributed by atoms with E-state index in [1.807, 2.05) is 11.5 Å². The van der Waals surface area contributed by atoms with Crippen molar-refractivity contribution in [1.82, 2.24) is 9.55 Å². The summed E-state index contributed by atoms with van der Waals surface area (Å²) in [5, 5.41) is 0.350. The van der Waals surface area contributed by atoms with Crippen LogP contribution in [0.4, 0.5) is 13.2 Å². The molecule has 0 N–H and O–H groups in total. The largest absolute Gasteiger partial charge is 0.475 e. The molecule has 2 aromatic rings. The van der Waals surface area contributed by atoms with Crippen LogP contribution >= 0.6 is 11.6 Å². The summed E-state index contributed by atoms with van der Waals surface area (Å²) in [6, 6.07) is 2.95. The van der Waals surface area contributed by atoms with Gasteiger partial charge in [0.25, 0.3) is 0 Å². The molecule has 0 saturated heterocycles. The highest BCUT2D eigenvalue weighted by Crippen LogP contribution is 2.40. The highest BCUT2D eigenvalue weighted by Gasteiger charge is 2.48. The van der Waals surface area contributed by atoms with Gasteiger partial charge in [-0.1, -0.05) is 18.5 Å². The van der Waals surface area contributed by atoms with Crippen molar-refractivity contribution in [2.24, 2.45) is 0 Å². The lowest BCUT2D eigenvalue weighted by molar-refractivity contribution is -0.187. The van der Waals surface area contributed by atoms with E-state index in [1.54, 1.807) is 12.4 Å². The van der Waals surface area contributed by atoms with Crippen LogP contribution < -0.4 is 4.74 Å². The molecular weight excluding hydrogens is 397 g/mol. The Bertz CT molecular complexity index is 922. The summed E-state index contributed by atoms with van der Waals surface area (Å²) in [6.45, 7) is 3.76. The molecule has 150 valence electrons. The van der Waals surface area contributed by atoms with Crippen molar-refractivity contribution in [3.8, 4) is 5.75 Å². The molecule has 9 heteroatoms. The average Bonchev–Trinajstić information content (AvgIpc) is 3.08. The molecule has 1 atom stereocenters. The van der Waals surface area contributed by atoms with E-state index in [4.69, 9.17) is 21.1 Å². The number of hydrogen-bond donors (Lipinski definition) is 0. The lowest BCUT2D eigenvalue weighted by Crippen LogP contribution is -2.40. The number of esters is 1. The molecule has 1 aromatic heterocycles. The number of hydrogen-bond acceptors (Lipinski definition) is 4. The molecule has 1 aliphatic heterocycles. The number of benzene rings is 1. The number of alkyl halides is 3. The lowest BCUT2D eigenvalue weighted by Gasteiger charge is -2.28. The van der Waals surface area contributed by atoms with Crippen LogP contribution in [0.1, 0.15) is 30.8 Å². The van der Waals surface area contributed by atoms with Gasteiger partial charge in [-0.25, -0.2) is 9.78 Å². The molecular formula is C19H18ClF3N2O3. The van der Waals surface area contributed by atoms with Crippen LogP contribution in [0.5, 0.6) is 5.75 Å². The molecule has 28 heavy (non-hydrogen) atoms. The van der Waals surface area contributed by atoms with Crippen molar-refractivity contribution < 1.29 is 27.4 Å². The summed E-state index contributed by atoms with van der Waals surface area (Å²) < 4.78 is 52.1. The number of aryl methyl sites for hydroxylation is 1. The number of carbonyl (C=O) groups is 1. The quantitative estimate of drug-likeness (QED) is 0.680. The molecule has 3 rings (SSSR count). The fraction of sp³-hybridized carbons (Fsp3) is 0.368. The van der Waals surface area contributed by atoms with Crippen LogP contribution in [-0.2, 0) is 22.5 Å². The Balaban J connectivity index is 2.00. The minimum atomic E-state index is -4.77. The predicted molar refractivity (Wildman–Crippen MR) is 97.2 cm³/mol. The first-order valence-electron chi connectivity index (χ1n) is 8.69. The van der Waals surface area contributed by atoms with Gasteiger partial charge in [0.2, 0.25) is 6.10 Å². The summed E-state index contributed by atoms with van der Waals surface area (Å²) in [5.74, 6) is -0.234. The van der Waals surface area contributed by atoms with Crippen LogP contribution in [-0.4, -0.2) is 34.4 Å². The van der Waals surface area contributed by atoms with Gasteiger partial charge in [0.05, 0.1) is 18.7 Å². The number of aromatic nitrogens is 2. The zero-order chi connectivity index (χ0) is 20.5. The normalized spacial score (nSPS) is 16.2. The lowest BCUT2D eigenvalue weighted by atomic mass is 9.99. The summed E-state index contributed by atoms with van der Waals surface area (Å²) in [7, 11) is 0. The van der Waals surface area contributed by atoms with Gasteiger partial charge in [-0.05, 0) is 30.7 Å². The Morgan fingerprint density at radius 1 is 1.36 bits per heavy atom. The van der Waals surface area contributed by atoms with E-state index in [9.17, 15) is 18.0 Å². The number of carbonyl (C=O) groups excluding carboxylic acids is 1. The number of fused-ring (bicyclic) bond motifs is 1. The number of imidazole rings is 1. The number of halogens is 4. The molecule has 1 unspecified atom stereocenters. The fourth-order valence-corrected chi connectivity index (χ4v) is 3.22. The topological polar surface area (TPSA) is 53.4 Å². The van der Waals surface area contributed by atoms with Crippen molar-refractivity contribution in [1.29, 1.82) is 0 Å². The van der Waals surface area contributed by atoms with Crippen LogP contribution in [0.2, 0.25) is 5.02 Å². The van der Waals surface area contributed by atoms with Crippen LogP contribution in [0, 0.1) is 0 Å². The first kappa shape index (κ1) is 20.3. The highest BCUT2D eigenvalue weighted by atomic mass is 35.5. The van der Waals surface area contributed by atoms with Crippen molar-refractivity contribution in [2.75, 3.05) is 6.61 Å². The van der Waals surface area contributed by atoms with Crippen molar-refractivity contribution in [2.45, 2.75) is 39.1 Å². The van der Waals surface area contributed by atoms with Gasteiger partial charge < -0.3 is 14.0 Å². The average molecular weight is 415 g/mol. The Morgan fingerprint density at radius 3 is 2.75 bits per heavy atom. The molecule has 1 aromatic carbocycles. The van der Waals surface area contributed by atoms with E-state index in [0.29, 0.717) is 29.1 Å². The fourth-order valence-electron chi connectivity index (χ4n) is 2.99. The standard InChI is InChI=1S/C19H18ClF3N2O3/c1-3-16-24-5-6-25(16)10-12-9-15-11(8-14(12)20)7-13(18(26)27-4-2)17(28-15)19(21,22)23/h5-9,17H,3-4,10H2,1-2H3. The minimum Gasteiger partial charge on any atom is -0.475 e. The minimum absolute atomic E-state index is 0.00735. The molecule has 5 nitrogen and oxygen atoms in total. The zero-order valence-corrected chi connectivity index (χ0v) is 16.0. The van der Waals surface area contributed by atoms with Gasteiger partial charge in [-0.3, -0.25) is 0 Å². The summed E-state index contributed by atoms with van der Waals surface area (Å²) in [5.41, 5.74) is 0.272. The Morgan fingerprint density at radius 2 is 2.11 bits per heavy atom. The number of nitrogens with zero attached hydrogens (tertiary/aromatic N) is 2. The molecule has 0 fully saturated rings. The molecule has 0 radical (unpaired) electrons. The van der Waals surface area contributed by atoms with Gasteiger partial charge in [0.15, 0.2) is 0 Å². The smallest absolute Gasteiger partial charge is 0.430 e. The predicted octanol–water partition coefficient (Wildman–Crippen LogP) is 4.42. The van der Waals surface area contributed by atoms with Gasteiger partial charge >= 0.3 is 12.1 Å². The second-order valence-electron chi connectivity index (χ2n) is 6.17. The van der Waals surface area contributed by atoms with Crippen LogP contribution in [0.15, 0.2) is 30.1 Å². The van der Waals surface area contributed by atoms with Crippen molar-refractivity contribution in [3.05, 3.63) is 52.1 Å². The Kier molecular flexibility index (Phi) is 5.69. The van der Waals surface area contributed by atoms with Gasteiger partial charge in [-0.2, -0.15) is 13.2 Å². The maximum atomic E-state index is 13.5. The maximum absolute atomic E-state index is 13.5. The molecule has 0 saturated carbocycles. The number of ether oxygens (including phenoxy) is 2. The van der Waals surface area contributed by atoms with E-state index in [-0.39, 0.29) is 12.4 Å². The van der Waals surface area contributed by atoms with E-state index >= 15 is 0 Å². The number of rotatable bonds is 5. The first-order valence-corrected chi connectivity index (χ1v) is 9.06. The second kappa shape index (κ2) is 7.87. The highest BCUT2D eigenvalue weighted by molar-refractivity contribution is 6.31. The van der Waals surface area contributed by atoms with Crippen molar-refractivity contribution >= 4 is 23.6 Å². The van der Waals surface area contributed by atoms with Gasteiger partial charge in [0, 0.05) is 29.4 Å². The monoisotopic (exact) mass is 414 g/mol. The third-order valence-electron chi connectivity index (χ3n) is 4.28. The van der Waals surface area contributed by atoms with Crippen LogP contribution in [0.25, 0.3) is 6.08 Å². The Labute approximate surface area is 164 Å². The third kappa shape index (κ3) is 4.01. The van der Waals surface area contributed by atoms with Crippen LogP contribution in [0.3, 0.4) is 0 Å². The van der Waals surface area contributed by atoms with Gasteiger partial charge in [-0.15, -0.1) is 0 Å². The van der Waals surface area contributed by atoms with Gasteiger partial charge in [0.1, 0.15) is 11.6 Å². The maximum Gasteiger partial charge on any atom is 0.430 e. The molecule has 2 heterocycles. The van der Waals surface area contributed by atoms with E-state index in [1.165, 1.54) is 19.1 Å². The van der Waals surface area contributed by atoms with Crippen molar-refractivity contribution in [3.63, 3.8) is 0 Å². The summed E-state index contributed by atoms with van der Waals surface area (Å²) in [4.78, 5) is 16.2. The summed E-state index contributed by atoms with van der Waals surface area (Å²) in [6.07, 6.45) is -1.92. The molecule has 0 bridgehead atoms. The summed E-state index contributed by atoms with van der Waals surface area (Å²) >= 11 is 6.33. The van der Waals surface area contributed by atoms with E-state index < -0.39 is 23.8 Å². The first-order chi connectivity index (χ1) is 13.2. The molecule has 0 aliphatic carbocycles. The second-order valence-corrected chi connectivity index (χ2v) is 6.57. The Hall–Kier alpha value is -2.48. The zero-order valence-electron chi connectivity index (χ0n) is 15.2.